The maximum absolute atomic E-state index is 5.41. The van der Waals surface area contributed by atoms with Crippen LogP contribution in [0.1, 0.15) is 27.7 Å². The molecule has 13 heavy (non-hydrogen) atoms. The van der Waals surface area contributed by atoms with E-state index in [1.165, 1.54) is 0 Å². The first-order valence-electron chi connectivity index (χ1n) is 4.57. The van der Waals surface area contributed by atoms with Gasteiger partial charge in [0.25, 0.3) is 0 Å². The van der Waals surface area contributed by atoms with Crippen molar-refractivity contribution in [3.63, 3.8) is 0 Å². The van der Waals surface area contributed by atoms with Crippen LogP contribution in [0.4, 0.5) is 0 Å². The van der Waals surface area contributed by atoms with Gasteiger partial charge in [0.15, 0.2) is 0 Å². The summed E-state index contributed by atoms with van der Waals surface area (Å²) in [5, 5.41) is 0. The van der Waals surface area contributed by atoms with Crippen LogP contribution in [0.25, 0.3) is 0 Å². The first-order valence-corrected chi connectivity index (χ1v) is 4.57. The van der Waals surface area contributed by atoms with Gasteiger partial charge in [0, 0.05) is 12.1 Å². The first kappa shape index (κ1) is 15.3. The van der Waals surface area contributed by atoms with Gasteiger partial charge >= 0.3 is 0 Å². The minimum Gasteiger partial charge on any atom is -0.330 e. The average Bonchev–Trinajstić information content (AvgIpc) is 2.04. The number of hydrogen-bond acceptors (Lipinski definition) is 4. The fourth-order valence-corrected chi connectivity index (χ4v) is 0.0833. The Morgan fingerprint density at radius 1 is 0.769 bits per heavy atom. The van der Waals surface area contributed by atoms with Crippen molar-refractivity contribution >= 4 is 0 Å². The molecule has 0 amide bonds. The van der Waals surface area contributed by atoms with Gasteiger partial charge in [-0.15, -0.1) is 0 Å². The van der Waals surface area contributed by atoms with Crippen molar-refractivity contribution in [2.45, 2.75) is 33.2 Å². The molecule has 0 saturated heterocycles. The first-order chi connectivity index (χ1) is 5.68. The van der Waals surface area contributed by atoms with Crippen molar-refractivity contribution in [2.75, 3.05) is 19.6 Å². The van der Waals surface area contributed by atoms with E-state index in [0.29, 0.717) is 19.6 Å². The van der Waals surface area contributed by atoms with Crippen LogP contribution in [0.15, 0.2) is 0 Å². The summed E-state index contributed by atoms with van der Waals surface area (Å²) in [6.07, 6.45) is 0. The Balaban J connectivity index is 0. The van der Waals surface area contributed by atoms with E-state index in [9.17, 15) is 0 Å². The van der Waals surface area contributed by atoms with E-state index in [-0.39, 0.29) is 11.0 Å². The molecule has 0 saturated carbocycles. The third kappa shape index (κ3) is 14.7. The van der Waals surface area contributed by atoms with Crippen LogP contribution < -0.4 is 22.9 Å². The molecule has 4 nitrogen and oxygen atoms in total. The molecule has 0 aromatic heterocycles. The fraction of sp³-hybridized carbons (Fsp3) is 1.00. The van der Waals surface area contributed by atoms with Crippen molar-refractivity contribution in [2.24, 2.45) is 28.3 Å². The SMILES string of the molecule is CC(C)(CN)CN.CC(C)(N)CN. The lowest BCUT2D eigenvalue weighted by atomic mass is 9.95. The highest BCUT2D eigenvalue weighted by Gasteiger charge is 2.10. The zero-order valence-electron chi connectivity index (χ0n) is 9.43. The lowest BCUT2D eigenvalue weighted by molar-refractivity contribution is 0.393. The van der Waals surface area contributed by atoms with Gasteiger partial charge in [-0.1, -0.05) is 13.8 Å². The normalized spacial score (nSPS) is 12.0. The minimum absolute atomic E-state index is 0.139. The third-order valence-corrected chi connectivity index (χ3v) is 1.63. The summed E-state index contributed by atoms with van der Waals surface area (Å²) in [6.45, 7) is 9.78. The van der Waals surface area contributed by atoms with Crippen LogP contribution >= 0.6 is 0 Å². The van der Waals surface area contributed by atoms with Gasteiger partial charge in [0.2, 0.25) is 0 Å². The maximum Gasteiger partial charge on any atom is 0.0221 e. The second-order valence-electron chi connectivity index (χ2n) is 4.77. The Bertz CT molecular complexity index is 109. The molecule has 0 aliphatic carbocycles. The van der Waals surface area contributed by atoms with E-state index in [4.69, 9.17) is 22.9 Å². The monoisotopic (exact) mass is 190 g/mol. The molecule has 0 atom stereocenters. The smallest absolute Gasteiger partial charge is 0.0221 e. The summed E-state index contributed by atoms with van der Waals surface area (Å²) in [5.41, 5.74) is 21.2. The summed E-state index contributed by atoms with van der Waals surface area (Å²) in [6, 6.07) is 0. The van der Waals surface area contributed by atoms with E-state index in [2.05, 4.69) is 0 Å². The van der Waals surface area contributed by atoms with Crippen LogP contribution in [0, 0.1) is 5.41 Å². The Labute approximate surface area is 82.0 Å². The Morgan fingerprint density at radius 2 is 1.00 bits per heavy atom. The molecule has 0 spiro atoms. The number of rotatable bonds is 3. The Kier molecular flexibility index (Phi) is 7.44. The third-order valence-electron chi connectivity index (χ3n) is 1.63. The molecule has 0 bridgehead atoms. The summed E-state index contributed by atoms with van der Waals surface area (Å²) >= 11 is 0. The lowest BCUT2D eigenvalue weighted by Crippen LogP contribution is -2.40. The quantitative estimate of drug-likeness (QED) is 0.486. The molecule has 0 aliphatic rings. The van der Waals surface area contributed by atoms with Gasteiger partial charge < -0.3 is 22.9 Å². The van der Waals surface area contributed by atoms with E-state index in [1.807, 2.05) is 27.7 Å². The summed E-state index contributed by atoms with van der Waals surface area (Å²) < 4.78 is 0. The van der Waals surface area contributed by atoms with Crippen molar-refractivity contribution in [3.8, 4) is 0 Å². The fourth-order valence-electron chi connectivity index (χ4n) is 0.0833. The van der Waals surface area contributed by atoms with Gasteiger partial charge in [0.05, 0.1) is 0 Å². The summed E-state index contributed by atoms with van der Waals surface area (Å²) in [5.74, 6) is 0. The number of hydrogen-bond donors (Lipinski definition) is 4. The highest BCUT2D eigenvalue weighted by atomic mass is 14.8. The molecular weight excluding hydrogens is 164 g/mol. The van der Waals surface area contributed by atoms with Crippen LogP contribution in [-0.4, -0.2) is 25.2 Å². The largest absolute Gasteiger partial charge is 0.330 e. The zero-order chi connectivity index (χ0) is 11.1. The molecule has 0 aliphatic heterocycles. The van der Waals surface area contributed by atoms with Gasteiger partial charge in [-0.05, 0) is 32.4 Å². The highest BCUT2D eigenvalue weighted by molar-refractivity contribution is 4.70. The summed E-state index contributed by atoms with van der Waals surface area (Å²) in [4.78, 5) is 0. The second-order valence-corrected chi connectivity index (χ2v) is 4.77. The van der Waals surface area contributed by atoms with E-state index in [1.54, 1.807) is 0 Å². The minimum atomic E-state index is -0.181. The van der Waals surface area contributed by atoms with Gasteiger partial charge in [-0.2, -0.15) is 0 Å². The topological polar surface area (TPSA) is 104 Å². The van der Waals surface area contributed by atoms with E-state index < -0.39 is 0 Å². The number of nitrogens with two attached hydrogens (primary N) is 4. The molecule has 0 radical (unpaired) electrons. The zero-order valence-corrected chi connectivity index (χ0v) is 9.43. The van der Waals surface area contributed by atoms with Gasteiger partial charge in [-0.3, -0.25) is 0 Å². The van der Waals surface area contributed by atoms with Crippen molar-refractivity contribution < 1.29 is 0 Å². The highest BCUT2D eigenvalue weighted by Crippen LogP contribution is 2.07. The predicted octanol–water partition coefficient (Wildman–Crippen LogP) is -0.388. The molecular formula is C9H26N4. The maximum atomic E-state index is 5.41. The standard InChI is InChI=1S/C5H14N2.C4H12N2/c1-5(2,3-6)4-7;1-4(2,6)3-5/h3-4,6-7H2,1-2H3;3,5-6H2,1-2H3. The van der Waals surface area contributed by atoms with E-state index >= 15 is 0 Å². The molecule has 0 rings (SSSR count). The molecule has 0 fully saturated rings. The Hall–Kier alpha value is -0.160. The molecule has 0 aromatic carbocycles. The van der Waals surface area contributed by atoms with Gasteiger partial charge in [0.1, 0.15) is 0 Å². The van der Waals surface area contributed by atoms with Crippen molar-refractivity contribution in [1.82, 2.24) is 0 Å². The predicted molar refractivity (Wildman–Crippen MR) is 59.2 cm³/mol. The molecule has 0 aromatic rings. The molecule has 4 heteroatoms. The summed E-state index contributed by atoms with van der Waals surface area (Å²) in [7, 11) is 0. The Morgan fingerprint density at radius 3 is 1.00 bits per heavy atom. The molecule has 0 unspecified atom stereocenters. The average molecular weight is 190 g/mol. The second kappa shape index (κ2) is 6.32. The van der Waals surface area contributed by atoms with Crippen LogP contribution in [0.3, 0.4) is 0 Å². The van der Waals surface area contributed by atoms with Crippen LogP contribution in [0.5, 0.6) is 0 Å². The van der Waals surface area contributed by atoms with Crippen molar-refractivity contribution in [3.05, 3.63) is 0 Å². The molecule has 82 valence electrons. The van der Waals surface area contributed by atoms with Crippen LogP contribution in [-0.2, 0) is 0 Å². The molecule has 8 N–H and O–H groups in total. The molecule has 0 heterocycles. The van der Waals surface area contributed by atoms with E-state index in [0.717, 1.165) is 0 Å². The van der Waals surface area contributed by atoms with Crippen molar-refractivity contribution in [1.29, 1.82) is 0 Å². The van der Waals surface area contributed by atoms with Crippen LogP contribution in [0.2, 0.25) is 0 Å². The van der Waals surface area contributed by atoms with Gasteiger partial charge in [-0.25, -0.2) is 0 Å². The lowest BCUT2D eigenvalue weighted by Gasteiger charge is -2.18.